The molecule has 4 rings (SSSR count). The maximum atomic E-state index is 12.7. The number of fused-ring (bicyclic) bond motifs is 1. The molecule has 138 valence electrons. The van der Waals surface area contributed by atoms with Gasteiger partial charge in [-0.05, 0) is 54.5 Å². The van der Waals surface area contributed by atoms with Crippen LogP contribution in [-0.4, -0.2) is 16.7 Å². The molecule has 3 aromatic rings. The molecule has 0 spiro atoms. The molecule has 0 bridgehead atoms. The van der Waals surface area contributed by atoms with E-state index in [4.69, 9.17) is 21.1 Å². The highest BCUT2D eigenvalue weighted by Gasteiger charge is 2.30. The first kappa shape index (κ1) is 17.9. The van der Waals surface area contributed by atoms with Crippen LogP contribution in [0.25, 0.3) is 6.08 Å². The molecular formula is C22H14ClNO4. The quantitative estimate of drug-likeness (QED) is 0.361. The maximum Gasteiger partial charge on any atom is 0.343 e. The van der Waals surface area contributed by atoms with Crippen molar-refractivity contribution in [3.05, 3.63) is 94.0 Å². The third-order valence-corrected chi connectivity index (χ3v) is 4.43. The number of aromatic nitrogens is 1. The van der Waals surface area contributed by atoms with Crippen LogP contribution in [0.5, 0.6) is 11.5 Å². The second kappa shape index (κ2) is 7.29. The van der Waals surface area contributed by atoms with Gasteiger partial charge in [-0.1, -0.05) is 23.7 Å². The number of pyridine rings is 1. The summed E-state index contributed by atoms with van der Waals surface area (Å²) in [7, 11) is 0. The lowest BCUT2D eigenvalue weighted by molar-refractivity contribution is 0.0734. The SMILES string of the molecule is Cc1cc(OC(=O)c2cccc(Cl)c2)cc2c1C(=O)/C(=C/c1cccnc1)O2. The lowest BCUT2D eigenvalue weighted by Crippen LogP contribution is -2.08. The zero-order valence-corrected chi connectivity index (χ0v) is 15.6. The Bertz CT molecular complexity index is 1120. The van der Waals surface area contributed by atoms with E-state index in [0.29, 0.717) is 27.5 Å². The summed E-state index contributed by atoms with van der Waals surface area (Å²) < 4.78 is 11.2. The van der Waals surface area contributed by atoms with Gasteiger partial charge >= 0.3 is 5.97 Å². The monoisotopic (exact) mass is 391 g/mol. The average Bonchev–Trinajstić information content (AvgIpc) is 2.98. The van der Waals surface area contributed by atoms with E-state index in [2.05, 4.69) is 4.98 Å². The summed E-state index contributed by atoms with van der Waals surface area (Å²) in [6.45, 7) is 1.77. The Morgan fingerprint density at radius 3 is 2.79 bits per heavy atom. The molecule has 0 atom stereocenters. The second-order valence-corrected chi connectivity index (χ2v) is 6.68. The number of hydrogen-bond acceptors (Lipinski definition) is 5. The highest BCUT2D eigenvalue weighted by Crippen LogP contribution is 2.37. The van der Waals surface area contributed by atoms with Crippen molar-refractivity contribution in [3.8, 4) is 11.5 Å². The number of ketones is 1. The van der Waals surface area contributed by atoms with Crippen molar-refractivity contribution in [2.45, 2.75) is 6.92 Å². The van der Waals surface area contributed by atoms with Crippen molar-refractivity contribution in [2.24, 2.45) is 0 Å². The van der Waals surface area contributed by atoms with Crippen molar-refractivity contribution < 1.29 is 19.1 Å². The number of halogens is 1. The van der Waals surface area contributed by atoms with Gasteiger partial charge in [0.25, 0.3) is 0 Å². The van der Waals surface area contributed by atoms with E-state index in [9.17, 15) is 9.59 Å². The van der Waals surface area contributed by atoms with Crippen LogP contribution in [0, 0.1) is 6.92 Å². The zero-order valence-electron chi connectivity index (χ0n) is 14.8. The molecule has 0 radical (unpaired) electrons. The summed E-state index contributed by atoms with van der Waals surface area (Å²) in [5.41, 5.74) is 2.20. The summed E-state index contributed by atoms with van der Waals surface area (Å²) in [5.74, 6) is 0.0801. The molecule has 6 heteroatoms. The van der Waals surface area contributed by atoms with Gasteiger partial charge in [0, 0.05) is 23.5 Å². The molecule has 2 heterocycles. The Morgan fingerprint density at radius 1 is 1.18 bits per heavy atom. The number of hydrogen-bond donors (Lipinski definition) is 0. The fourth-order valence-corrected chi connectivity index (χ4v) is 3.12. The van der Waals surface area contributed by atoms with Gasteiger partial charge in [-0.15, -0.1) is 0 Å². The number of benzene rings is 2. The number of carbonyl (C=O) groups is 2. The summed E-state index contributed by atoms with van der Waals surface area (Å²) in [6, 6.07) is 13.3. The minimum atomic E-state index is -0.544. The number of ether oxygens (including phenoxy) is 2. The minimum Gasteiger partial charge on any atom is -0.452 e. The van der Waals surface area contributed by atoms with E-state index in [1.807, 2.05) is 6.07 Å². The van der Waals surface area contributed by atoms with Crippen molar-refractivity contribution in [1.82, 2.24) is 4.98 Å². The normalized spacial score (nSPS) is 13.9. The van der Waals surface area contributed by atoms with Crippen LogP contribution >= 0.6 is 11.6 Å². The van der Waals surface area contributed by atoms with Gasteiger partial charge in [0.05, 0.1) is 11.1 Å². The largest absolute Gasteiger partial charge is 0.452 e. The molecule has 0 unspecified atom stereocenters. The lowest BCUT2D eigenvalue weighted by atomic mass is 10.0. The topological polar surface area (TPSA) is 65.5 Å². The number of Topliss-reactive ketones (excluding diaryl/α,β-unsaturated/α-hetero) is 1. The Kier molecular flexibility index (Phi) is 4.67. The Balaban J connectivity index is 1.61. The molecule has 0 N–H and O–H groups in total. The van der Waals surface area contributed by atoms with Crippen LogP contribution in [0.2, 0.25) is 5.02 Å². The summed E-state index contributed by atoms with van der Waals surface area (Å²) in [6.07, 6.45) is 4.92. The smallest absolute Gasteiger partial charge is 0.343 e. The van der Waals surface area contributed by atoms with Crippen LogP contribution < -0.4 is 9.47 Å². The molecule has 28 heavy (non-hydrogen) atoms. The minimum absolute atomic E-state index is 0.199. The molecule has 1 aliphatic rings. The van der Waals surface area contributed by atoms with E-state index >= 15 is 0 Å². The van der Waals surface area contributed by atoms with Gasteiger partial charge in [-0.3, -0.25) is 9.78 Å². The first-order valence-corrected chi connectivity index (χ1v) is 8.86. The average molecular weight is 392 g/mol. The molecule has 0 aliphatic carbocycles. The zero-order chi connectivity index (χ0) is 19.7. The van der Waals surface area contributed by atoms with Crippen LogP contribution in [-0.2, 0) is 0 Å². The fourth-order valence-electron chi connectivity index (χ4n) is 2.93. The second-order valence-electron chi connectivity index (χ2n) is 6.24. The standard InChI is InChI=1S/C22H14ClNO4/c1-13-8-17(27-22(26)15-5-2-6-16(23)10-15)11-18-20(13)21(25)19(28-18)9-14-4-3-7-24-12-14/h2-12H,1H3/b19-9-. The van der Waals surface area contributed by atoms with Gasteiger partial charge < -0.3 is 9.47 Å². The molecule has 2 aromatic carbocycles. The van der Waals surface area contributed by atoms with Crippen molar-refractivity contribution >= 4 is 29.4 Å². The highest BCUT2D eigenvalue weighted by molar-refractivity contribution is 6.30. The van der Waals surface area contributed by atoms with Crippen LogP contribution in [0.15, 0.2) is 66.7 Å². The lowest BCUT2D eigenvalue weighted by Gasteiger charge is -2.08. The molecule has 1 aromatic heterocycles. The van der Waals surface area contributed by atoms with E-state index in [0.717, 1.165) is 5.56 Å². The van der Waals surface area contributed by atoms with Gasteiger partial charge in [0.15, 0.2) is 5.76 Å². The van der Waals surface area contributed by atoms with Gasteiger partial charge in [0.2, 0.25) is 5.78 Å². The molecule has 1 aliphatic heterocycles. The number of nitrogens with zero attached hydrogens (tertiary/aromatic N) is 1. The van der Waals surface area contributed by atoms with Crippen LogP contribution in [0.3, 0.4) is 0 Å². The van der Waals surface area contributed by atoms with E-state index < -0.39 is 5.97 Å². The number of carbonyl (C=O) groups excluding carboxylic acids is 2. The predicted molar refractivity (Wildman–Crippen MR) is 105 cm³/mol. The summed E-state index contributed by atoms with van der Waals surface area (Å²) in [4.78, 5) is 29.0. The van der Waals surface area contributed by atoms with Crippen LogP contribution in [0.4, 0.5) is 0 Å². The van der Waals surface area contributed by atoms with E-state index in [1.54, 1.807) is 55.7 Å². The molecule has 0 fully saturated rings. The fraction of sp³-hybridized carbons (Fsp3) is 0.0455. The third-order valence-electron chi connectivity index (χ3n) is 4.20. The molecule has 0 amide bonds. The molecular weight excluding hydrogens is 378 g/mol. The van der Waals surface area contributed by atoms with Crippen molar-refractivity contribution in [1.29, 1.82) is 0 Å². The predicted octanol–water partition coefficient (Wildman–Crippen LogP) is 4.88. The number of esters is 1. The van der Waals surface area contributed by atoms with Crippen LogP contribution in [0.1, 0.15) is 31.8 Å². The number of aryl methyl sites for hydroxylation is 1. The van der Waals surface area contributed by atoms with E-state index in [-0.39, 0.29) is 17.3 Å². The highest BCUT2D eigenvalue weighted by atomic mass is 35.5. The van der Waals surface area contributed by atoms with Gasteiger partial charge in [-0.2, -0.15) is 0 Å². The Morgan fingerprint density at radius 2 is 2.04 bits per heavy atom. The summed E-state index contributed by atoms with van der Waals surface area (Å²) in [5, 5.41) is 0.443. The molecule has 0 saturated carbocycles. The number of rotatable bonds is 3. The Labute approximate surface area is 166 Å². The van der Waals surface area contributed by atoms with Gasteiger partial charge in [-0.25, -0.2) is 4.79 Å². The first-order valence-electron chi connectivity index (χ1n) is 8.48. The summed E-state index contributed by atoms with van der Waals surface area (Å²) >= 11 is 5.92. The van der Waals surface area contributed by atoms with Crippen molar-refractivity contribution in [2.75, 3.05) is 0 Å². The number of allylic oxidation sites excluding steroid dienone is 1. The molecule has 5 nitrogen and oxygen atoms in total. The molecule has 0 saturated heterocycles. The Hall–Kier alpha value is -3.44. The van der Waals surface area contributed by atoms with E-state index in [1.165, 1.54) is 12.1 Å². The first-order chi connectivity index (χ1) is 13.5. The van der Waals surface area contributed by atoms with Gasteiger partial charge in [0.1, 0.15) is 11.5 Å². The third kappa shape index (κ3) is 3.52. The van der Waals surface area contributed by atoms with Crippen molar-refractivity contribution in [3.63, 3.8) is 0 Å². The maximum absolute atomic E-state index is 12.7.